The second-order valence-corrected chi connectivity index (χ2v) is 26.7. The molecule has 0 aliphatic carbocycles. The minimum absolute atomic E-state index is 1.09. The normalized spacial score (nSPS) is 11.4. The monoisotopic (exact) mass is 1000 g/mol. The molecule has 0 fully saturated rings. The molecule has 0 saturated carbocycles. The molecule has 0 amide bonds. The third-order valence-corrected chi connectivity index (χ3v) is 24.6. The van der Waals surface area contributed by atoms with Gasteiger partial charge in [-0.1, -0.05) is 279 Å². The number of rotatable bonds is 15. The first-order chi connectivity index (χ1) is 37.7. The van der Waals surface area contributed by atoms with Gasteiger partial charge in [0.25, 0.3) is 0 Å². The predicted molar refractivity (Wildman–Crippen MR) is 328 cm³/mol. The maximum atomic E-state index is 2.46. The second kappa shape index (κ2) is 21.6. The summed E-state index contributed by atoms with van der Waals surface area (Å²) in [4.78, 5) is 4.91. The van der Waals surface area contributed by atoms with E-state index in [-0.39, 0.29) is 0 Å². The molecule has 0 aliphatic rings. The number of anilines is 6. The van der Waals surface area contributed by atoms with E-state index in [0.29, 0.717) is 0 Å². The molecule has 76 heavy (non-hydrogen) atoms. The lowest BCUT2D eigenvalue weighted by Crippen LogP contribution is -2.75. The Hall–Kier alpha value is -9.33. The molecule has 4 heteroatoms. The Balaban J connectivity index is 0.970. The van der Waals surface area contributed by atoms with Crippen molar-refractivity contribution in [2.45, 2.75) is 0 Å². The van der Waals surface area contributed by atoms with Gasteiger partial charge >= 0.3 is 0 Å². The van der Waals surface area contributed by atoms with E-state index in [9.17, 15) is 0 Å². The molecule has 0 bridgehead atoms. The van der Waals surface area contributed by atoms with E-state index in [1.807, 2.05) is 0 Å². The Labute approximate surface area is 449 Å². The smallest absolute Gasteiger partial charge is 0.181 e. The number of hydrogen-bond acceptors (Lipinski definition) is 2. The topological polar surface area (TPSA) is 6.48 Å². The van der Waals surface area contributed by atoms with Crippen LogP contribution in [0.1, 0.15) is 0 Å². The lowest BCUT2D eigenvalue weighted by molar-refractivity contribution is 1.29. The highest BCUT2D eigenvalue weighted by Gasteiger charge is 2.45. The van der Waals surface area contributed by atoms with Crippen molar-refractivity contribution in [1.82, 2.24) is 0 Å². The van der Waals surface area contributed by atoms with Crippen LogP contribution in [-0.2, 0) is 0 Å². The first-order valence-corrected chi connectivity index (χ1v) is 30.2. The van der Waals surface area contributed by atoms with Gasteiger partial charge in [0.05, 0.1) is 0 Å². The summed E-state index contributed by atoms with van der Waals surface area (Å²) >= 11 is 0. The maximum absolute atomic E-state index is 2.91. The Bertz CT molecular complexity index is 3320. The summed E-state index contributed by atoms with van der Waals surface area (Å²) in [6, 6.07) is 125. The number of para-hydroxylation sites is 4. The molecule has 0 spiro atoms. The zero-order valence-electron chi connectivity index (χ0n) is 42.2. The van der Waals surface area contributed by atoms with Crippen molar-refractivity contribution in [3.63, 3.8) is 0 Å². The number of hydrogen-bond donors (Lipinski definition) is 0. The third-order valence-electron chi connectivity index (χ3n) is 15.0. The van der Waals surface area contributed by atoms with Crippen molar-refractivity contribution in [2.75, 3.05) is 9.80 Å². The summed E-state index contributed by atoms with van der Waals surface area (Å²) in [5.74, 6) is 0. The van der Waals surface area contributed by atoms with E-state index in [4.69, 9.17) is 0 Å². The summed E-state index contributed by atoms with van der Waals surface area (Å²) in [7, 11) is -5.82. The van der Waals surface area contributed by atoms with E-state index < -0.39 is 16.1 Å². The predicted octanol–water partition coefficient (Wildman–Crippen LogP) is 13.0. The zero-order valence-corrected chi connectivity index (χ0v) is 44.2. The van der Waals surface area contributed by atoms with E-state index in [1.54, 1.807) is 0 Å². The van der Waals surface area contributed by atoms with Crippen LogP contribution >= 0.6 is 0 Å². The maximum Gasteiger partial charge on any atom is 0.181 e. The van der Waals surface area contributed by atoms with Crippen molar-refractivity contribution in [2.24, 2.45) is 0 Å². The van der Waals surface area contributed by atoms with Crippen molar-refractivity contribution >= 4 is 91.8 Å². The van der Waals surface area contributed by atoms with Crippen LogP contribution in [0.5, 0.6) is 0 Å². The fraction of sp³-hybridized carbons (Fsp3) is 0. The molecule has 0 N–H and O–H groups in total. The highest BCUT2D eigenvalue weighted by atomic mass is 28.3. The van der Waals surface area contributed by atoms with Crippen molar-refractivity contribution in [3.05, 3.63) is 340 Å². The molecule has 0 saturated heterocycles. The number of nitrogens with zero attached hydrogens (tertiary/aromatic N) is 2. The van der Waals surface area contributed by atoms with Crippen LogP contribution in [0.4, 0.5) is 34.1 Å². The van der Waals surface area contributed by atoms with Gasteiger partial charge in [0.15, 0.2) is 16.1 Å². The van der Waals surface area contributed by atoms with Crippen LogP contribution in [0.25, 0.3) is 11.1 Å². The fourth-order valence-electron chi connectivity index (χ4n) is 11.6. The minimum Gasteiger partial charge on any atom is -0.311 e. The summed E-state index contributed by atoms with van der Waals surface area (Å²) in [6.45, 7) is 0. The Morgan fingerprint density at radius 2 is 0.368 bits per heavy atom. The van der Waals surface area contributed by atoms with E-state index in [1.165, 1.54) is 41.5 Å². The molecule has 0 radical (unpaired) electrons. The number of benzene rings is 12. The summed E-state index contributed by atoms with van der Waals surface area (Å²) in [5, 5.41) is 10.7. The van der Waals surface area contributed by atoms with Gasteiger partial charge in [-0.05, 0) is 113 Å². The fourth-order valence-corrected chi connectivity index (χ4v) is 21.5. The SMILES string of the molecule is c1ccc(N(c2ccc(-c3ccc(N(c4ccccc4)c4ccccc4[Si](c4ccccc4)(c4ccccc4)c4ccccc4)cc3)cc2)c2ccccc2[Si](c2ccccc2)(c2ccccc2)c2ccccc2)cc1. The Morgan fingerprint density at radius 1 is 0.171 bits per heavy atom. The third kappa shape index (κ3) is 8.79. The molecule has 2 nitrogen and oxygen atoms in total. The highest BCUT2D eigenvalue weighted by molar-refractivity contribution is 7.21. The molecule has 12 aromatic carbocycles. The molecule has 12 rings (SSSR count). The molecule has 362 valence electrons. The van der Waals surface area contributed by atoms with Gasteiger partial charge in [-0.25, -0.2) is 0 Å². The van der Waals surface area contributed by atoms with Crippen LogP contribution in [0.2, 0.25) is 0 Å². The van der Waals surface area contributed by atoms with Crippen molar-refractivity contribution in [3.8, 4) is 11.1 Å². The van der Waals surface area contributed by atoms with Crippen LogP contribution in [-0.4, -0.2) is 16.1 Å². The minimum atomic E-state index is -2.91. The van der Waals surface area contributed by atoms with Gasteiger partial charge in [0, 0.05) is 34.1 Å². The van der Waals surface area contributed by atoms with Gasteiger partial charge in [-0.15, -0.1) is 0 Å². The lowest BCUT2D eigenvalue weighted by atomic mass is 10.0. The average molecular weight is 1010 g/mol. The first kappa shape index (κ1) is 47.7. The lowest BCUT2D eigenvalue weighted by Gasteiger charge is -2.38. The summed E-state index contributed by atoms with van der Waals surface area (Å²) in [6.07, 6.45) is 0. The average Bonchev–Trinajstić information content (AvgIpc) is 3.57. The summed E-state index contributed by atoms with van der Waals surface area (Å²) in [5.41, 5.74) is 9.00. The molecular weight excluding hydrogens is 949 g/mol. The second-order valence-electron chi connectivity index (χ2n) is 19.2. The molecular formula is C72H56N2Si2. The highest BCUT2D eigenvalue weighted by Crippen LogP contribution is 2.38. The molecule has 0 heterocycles. The van der Waals surface area contributed by atoms with Crippen LogP contribution in [0.15, 0.2) is 340 Å². The van der Waals surface area contributed by atoms with Crippen LogP contribution in [0, 0.1) is 0 Å². The van der Waals surface area contributed by atoms with E-state index in [2.05, 4.69) is 350 Å². The quantitative estimate of drug-likeness (QED) is 0.0746. The zero-order chi connectivity index (χ0) is 51.0. The van der Waals surface area contributed by atoms with Gasteiger partial charge in [0.1, 0.15) is 0 Å². The van der Waals surface area contributed by atoms with Crippen LogP contribution in [0.3, 0.4) is 0 Å². The van der Waals surface area contributed by atoms with Gasteiger partial charge in [-0.2, -0.15) is 0 Å². The van der Waals surface area contributed by atoms with Gasteiger partial charge in [-0.3, -0.25) is 0 Å². The largest absolute Gasteiger partial charge is 0.311 e. The standard InChI is InChI=1S/C72H56N2Si2/c1-9-29-59(30-10-1)73(69-45-25-27-47-71(69)75(63-33-13-3-14-34-63,64-35-15-4-16-36-64)65-37-17-5-18-38-65)61-53-49-57(50-54-61)58-51-55-62(56-52-58)74(60-31-11-2-12-32-60)70-46-26-28-48-72(70)76(66-39-19-6-20-40-66,67-41-21-7-22-42-67)68-43-23-8-24-44-68/h1-56H. The van der Waals surface area contributed by atoms with Crippen molar-refractivity contribution in [1.29, 1.82) is 0 Å². The molecule has 0 unspecified atom stereocenters. The van der Waals surface area contributed by atoms with E-state index in [0.717, 1.165) is 45.3 Å². The van der Waals surface area contributed by atoms with Crippen molar-refractivity contribution < 1.29 is 0 Å². The molecule has 0 aromatic heterocycles. The van der Waals surface area contributed by atoms with Crippen LogP contribution < -0.4 is 51.3 Å². The molecule has 12 aromatic rings. The van der Waals surface area contributed by atoms with Gasteiger partial charge in [0.2, 0.25) is 0 Å². The summed E-state index contributed by atoms with van der Waals surface area (Å²) < 4.78 is 0. The Morgan fingerprint density at radius 3 is 0.618 bits per heavy atom. The first-order valence-electron chi connectivity index (χ1n) is 26.2. The molecule has 0 aliphatic heterocycles. The van der Waals surface area contributed by atoms with E-state index >= 15 is 0 Å². The van der Waals surface area contributed by atoms with Gasteiger partial charge < -0.3 is 9.80 Å². The Kier molecular flexibility index (Phi) is 13.6. The molecule has 0 atom stereocenters.